The maximum atomic E-state index is 11.2. The number of rotatable bonds is 6. The maximum Gasteiger partial charge on any atom is 0.245 e. The Hall–Kier alpha value is -1.36. The number of carbonyl (C=O) groups excluding carboxylic acids is 1. The van der Waals surface area contributed by atoms with E-state index in [4.69, 9.17) is 0 Å². The molecule has 0 aliphatic carbocycles. The molecule has 1 fully saturated rings. The van der Waals surface area contributed by atoms with Crippen LogP contribution in [0, 0.1) is 0 Å². The first-order valence-corrected chi connectivity index (χ1v) is 5.89. The van der Waals surface area contributed by atoms with Crippen molar-refractivity contribution in [3.63, 3.8) is 0 Å². The van der Waals surface area contributed by atoms with Gasteiger partial charge in [0.15, 0.2) is 0 Å². The Morgan fingerprint density at radius 3 is 2.94 bits per heavy atom. The molecule has 0 bridgehead atoms. The van der Waals surface area contributed by atoms with Crippen molar-refractivity contribution in [3.8, 4) is 0 Å². The molecule has 0 radical (unpaired) electrons. The first-order valence-electron chi connectivity index (χ1n) is 5.89. The zero-order valence-corrected chi connectivity index (χ0v) is 10.9. The Kier molecular flexibility index (Phi) is 5.15. The van der Waals surface area contributed by atoms with Gasteiger partial charge in [-0.2, -0.15) is 0 Å². The molecule has 96 valence electrons. The van der Waals surface area contributed by atoms with Gasteiger partial charge in [-0.3, -0.25) is 9.79 Å². The summed E-state index contributed by atoms with van der Waals surface area (Å²) in [5, 5.41) is 3.44. The average molecular weight is 238 g/mol. The van der Waals surface area contributed by atoms with Crippen LogP contribution in [0.2, 0.25) is 0 Å². The van der Waals surface area contributed by atoms with Gasteiger partial charge in [0, 0.05) is 45.8 Å². The van der Waals surface area contributed by atoms with E-state index in [0.29, 0.717) is 18.6 Å². The van der Waals surface area contributed by atoms with E-state index in [2.05, 4.69) is 28.7 Å². The maximum absolute atomic E-state index is 11.2. The molecule has 2 atom stereocenters. The number of hydrogen-bond acceptors (Lipinski definition) is 3. The molecule has 5 heteroatoms. The highest BCUT2D eigenvalue weighted by molar-refractivity contribution is 5.86. The van der Waals surface area contributed by atoms with Gasteiger partial charge in [-0.05, 0) is 13.0 Å². The highest BCUT2D eigenvalue weighted by Gasteiger charge is 2.32. The number of aliphatic imine (C=N–C) groups is 1. The van der Waals surface area contributed by atoms with Gasteiger partial charge in [-0.1, -0.05) is 6.58 Å². The summed E-state index contributed by atoms with van der Waals surface area (Å²) in [5.74, 6) is -0.0341. The van der Waals surface area contributed by atoms with Gasteiger partial charge in [0.2, 0.25) is 5.91 Å². The van der Waals surface area contributed by atoms with Gasteiger partial charge in [0.1, 0.15) is 0 Å². The quantitative estimate of drug-likeness (QED) is 0.401. The Morgan fingerprint density at radius 2 is 2.41 bits per heavy atom. The predicted octanol–water partition coefficient (Wildman–Crippen LogP) is -0.0488. The second-order valence-electron chi connectivity index (χ2n) is 4.34. The van der Waals surface area contributed by atoms with E-state index in [9.17, 15) is 4.79 Å². The van der Waals surface area contributed by atoms with E-state index >= 15 is 0 Å². The molecule has 1 unspecified atom stereocenters. The monoisotopic (exact) mass is 238 g/mol. The van der Waals surface area contributed by atoms with Crippen molar-refractivity contribution in [2.75, 3.05) is 33.7 Å². The van der Waals surface area contributed by atoms with Crippen LogP contribution in [0.5, 0.6) is 0 Å². The molecule has 17 heavy (non-hydrogen) atoms. The molecule has 0 aromatic carbocycles. The summed E-state index contributed by atoms with van der Waals surface area (Å²) >= 11 is 0. The lowest BCUT2D eigenvalue weighted by atomic mass is 9.99. The molecule has 1 N–H and O–H groups in total. The number of nitrogens with zero attached hydrogens (tertiary/aromatic N) is 3. The van der Waals surface area contributed by atoms with Crippen molar-refractivity contribution in [1.82, 2.24) is 15.1 Å². The second kappa shape index (κ2) is 6.39. The van der Waals surface area contributed by atoms with Gasteiger partial charge in [-0.25, -0.2) is 0 Å². The minimum atomic E-state index is -0.0341. The van der Waals surface area contributed by atoms with Gasteiger partial charge in [0.05, 0.1) is 6.34 Å². The third-order valence-corrected chi connectivity index (χ3v) is 3.18. The third-order valence-electron chi connectivity index (χ3n) is 3.18. The molecule has 1 aliphatic rings. The van der Waals surface area contributed by atoms with Gasteiger partial charge in [-0.15, -0.1) is 0 Å². The van der Waals surface area contributed by atoms with Gasteiger partial charge in [0.25, 0.3) is 0 Å². The lowest BCUT2D eigenvalue weighted by molar-refractivity contribution is -0.124. The molecule has 1 rings (SSSR count). The van der Waals surface area contributed by atoms with Crippen molar-refractivity contribution in [3.05, 3.63) is 12.7 Å². The summed E-state index contributed by atoms with van der Waals surface area (Å²) in [6, 6.07) is 0.958. The summed E-state index contributed by atoms with van der Waals surface area (Å²) in [7, 11) is 3.56. The lowest BCUT2D eigenvalue weighted by Crippen LogP contribution is -2.64. The summed E-state index contributed by atoms with van der Waals surface area (Å²) < 4.78 is 0. The number of likely N-dealkylation sites (N-methyl/N-ethyl adjacent to an activating group) is 1. The number of carbonyl (C=O) groups is 1. The first-order chi connectivity index (χ1) is 8.10. The SMILES string of the molecule is C=CC(=O)N(C)CCN[C@H]1CN(C=NC)C1C. The predicted molar refractivity (Wildman–Crippen MR) is 70.2 cm³/mol. The van der Waals surface area contributed by atoms with Crippen LogP contribution in [0.3, 0.4) is 0 Å². The highest BCUT2D eigenvalue weighted by Crippen LogP contribution is 2.14. The van der Waals surface area contributed by atoms with Crippen molar-refractivity contribution < 1.29 is 4.79 Å². The smallest absolute Gasteiger partial charge is 0.245 e. The van der Waals surface area contributed by atoms with E-state index in [1.54, 1.807) is 19.0 Å². The molecule has 0 spiro atoms. The number of nitrogens with one attached hydrogen (secondary N) is 1. The highest BCUT2D eigenvalue weighted by atomic mass is 16.2. The summed E-state index contributed by atoms with van der Waals surface area (Å²) in [6.07, 6.45) is 3.21. The van der Waals surface area contributed by atoms with Crippen molar-refractivity contribution in [1.29, 1.82) is 0 Å². The van der Waals surface area contributed by atoms with E-state index in [-0.39, 0.29) is 5.91 Å². The van der Waals surface area contributed by atoms with Crippen LogP contribution in [0.1, 0.15) is 6.92 Å². The van der Waals surface area contributed by atoms with Crippen LogP contribution in [0.25, 0.3) is 0 Å². The van der Waals surface area contributed by atoms with Gasteiger partial charge < -0.3 is 15.1 Å². The molecule has 1 amide bonds. The number of amides is 1. The Labute approximate surface area is 103 Å². The van der Waals surface area contributed by atoms with Crippen molar-refractivity contribution >= 4 is 12.2 Å². The molecule has 1 saturated heterocycles. The number of likely N-dealkylation sites (tertiary alicyclic amines) is 1. The van der Waals surface area contributed by atoms with E-state index in [1.165, 1.54) is 6.08 Å². The van der Waals surface area contributed by atoms with Crippen LogP contribution in [0.4, 0.5) is 0 Å². The summed E-state index contributed by atoms with van der Waals surface area (Å²) in [5.41, 5.74) is 0. The van der Waals surface area contributed by atoms with Gasteiger partial charge >= 0.3 is 0 Å². The first kappa shape index (κ1) is 13.7. The summed E-state index contributed by atoms with van der Waals surface area (Å²) in [6.45, 7) is 8.13. The third kappa shape index (κ3) is 3.56. The van der Waals surface area contributed by atoms with Crippen LogP contribution < -0.4 is 5.32 Å². The van der Waals surface area contributed by atoms with Crippen LogP contribution in [-0.2, 0) is 4.79 Å². The zero-order valence-electron chi connectivity index (χ0n) is 10.9. The molecular formula is C12H22N4O. The Bertz CT molecular complexity index is 303. The van der Waals surface area contributed by atoms with E-state index < -0.39 is 0 Å². The Morgan fingerprint density at radius 1 is 1.71 bits per heavy atom. The van der Waals surface area contributed by atoms with Crippen LogP contribution >= 0.6 is 0 Å². The lowest BCUT2D eigenvalue weighted by Gasteiger charge is -2.45. The molecular weight excluding hydrogens is 216 g/mol. The molecule has 0 aromatic heterocycles. The van der Waals surface area contributed by atoms with E-state index in [1.807, 2.05) is 6.34 Å². The standard InChI is InChI=1S/C12H22N4O/c1-5-12(17)15(4)7-6-14-11-8-16(9-13-3)10(11)2/h5,9-11,14H,1,6-8H2,2-4H3/t10?,11-/m0/s1. The fraction of sp³-hybridized carbons (Fsp3) is 0.667. The second-order valence-corrected chi connectivity index (χ2v) is 4.34. The minimum Gasteiger partial charge on any atom is -0.357 e. The fourth-order valence-electron chi connectivity index (χ4n) is 1.86. The molecule has 0 saturated carbocycles. The fourth-order valence-corrected chi connectivity index (χ4v) is 1.86. The molecule has 1 heterocycles. The largest absolute Gasteiger partial charge is 0.357 e. The van der Waals surface area contributed by atoms with Crippen LogP contribution in [-0.4, -0.2) is 67.9 Å². The molecule has 0 aromatic rings. The van der Waals surface area contributed by atoms with E-state index in [0.717, 1.165) is 13.1 Å². The minimum absolute atomic E-state index is 0.0341. The van der Waals surface area contributed by atoms with Crippen molar-refractivity contribution in [2.24, 2.45) is 4.99 Å². The zero-order chi connectivity index (χ0) is 12.8. The Balaban J connectivity index is 2.17. The average Bonchev–Trinajstić information content (AvgIpc) is 2.34. The molecule has 5 nitrogen and oxygen atoms in total. The number of hydrogen-bond donors (Lipinski definition) is 1. The van der Waals surface area contributed by atoms with Crippen molar-refractivity contribution in [2.45, 2.75) is 19.0 Å². The summed E-state index contributed by atoms with van der Waals surface area (Å²) in [4.78, 5) is 19.1. The van der Waals surface area contributed by atoms with Crippen LogP contribution in [0.15, 0.2) is 17.6 Å². The normalized spacial score (nSPS) is 23.6. The molecule has 1 aliphatic heterocycles. The topological polar surface area (TPSA) is 47.9 Å².